The molecule has 4 aromatic carbocycles. The van der Waals surface area contributed by atoms with Crippen LogP contribution in [0.1, 0.15) is 149 Å². The third-order valence-electron chi connectivity index (χ3n) is 20.2. The van der Waals surface area contributed by atoms with Gasteiger partial charge >= 0.3 is 0 Å². The summed E-state index contributed by atoms with van der Waals surface area (Å²) in [5.41, 5.74) is 7.54. The SMILES string of the molecule is c1ccc(COc2ccc(CNC34CC5CC(CC(C5)C3)C4)cc2)cc1.c1ccc(COc2ccc(CNC34CC5CC(CC(C5)C3)C4)cc2)nc1.c1coc(COc2ccc(CNC34CC5CC(CC(C5)C3)C4)cc2)c1. The third kappa shape index (κ3) is 12.7. The zero-order valence-corrected chi connectivity index (χ0v) is 45.6. The molecular formula is C69H84N4O4. The Labute approximate surface area is 459 Å². The molecular weight excluding hydrogens is 949 g/mol. The lowest BCUT2D eigenvalue weighted by Crippen LogP contribution is -2.58. The lowest BCUT2D eigenvalue weighted by Gasteiger charge is -2.57. The summed E-state index contributed by atoms with van der Waals surface area (Å²) in [6.07, 6.45) is 29.7. The summed E-state index contributed by atoms with van der Waals surface area (Å²) >= 11 is 0. The van der Waals surface area contributed by atoms with Gasteiger partial charge in [0.15, 0.2) is 0 Å². The highest BCUT2D eigenvalue weighted by Crippen LogP contribution is 2.58. The lowest BCUT2D eigenvalue weighted by molar-refractivity contribution is -0.0207. The van der Waals surface area contributed by atoms with Crippen LogP contribution in [-0.2, 0) is 39.5 Å². The quantitative estimate of drug-likeness (QED) is 0.0785. The maximum absolute atomic E-state index is 5.91. The molecule has 18 rings (SSSR count). The van der Waals surface area contributed by atoms with Crippen LogP contribution < -0.4 is 30.2 Å². The van der Waals surface area contributed by atoms with E-state index in [2.05, 4.69) is 118 Å². The highest BCUT2D eigenvalue weighted by molar-refractivity contribution is 5.30. The largest absolute Gasteiger partial charge is 0.489 e. The zero-order valence-electron chi connectivity index (χ0n) is 45.6. The Kier molecular flexibility index (Phi) is 15.1. The van der Waals surface area contributed by atoms with E-state index in [0.29, 0.717) is 36.4 Å². The van der Waals surface area contributed by atoms with Crippen molar-refractivity contribution >= 4 is 0 Å². The van der Waals surface area contributed by atoms with Gasteiger partial charge in [-0.1, -0.05) is 72.8 Å². The predicted octanol–water partition coefficient (Wildman–Crippen LogP) is 15.0. The number of benzene rings is 4. The van der Waals surface area contributed by atoms with Gasteiger partial charge in [-0.3, -0.25) is 4.98 Å². The van der Waals surface area contributed by atoms with E-state index in [-0.39, 0.29) is 0 Å². The second-order valence-electron chi connectivity index (χ2n) is 26.3. The molecule has 12 bridgehead atoms. The Morgan fingerprint density at radius 1 is 0.364 bits per heavy atom. The number of nitrogens with one attached hydrogen (secondary N) is 3. The second kappa shape index (κ2) is 22.7. The van der Waals surface area contributed by atoms with E-state index in [1.165, 1.54) is 138 Å². The van der Waals surface area contributed by atoms with Gasteiger partial charge in [0.05, 0.1) is 12.0 Å². The molecule has 2 heterocycles. The van der Waals surface area contributed by atoms with E-state index < -0.39 is 0 Å². The fraction of sp³-hybridized carbons (Fsp3) is 0.522. The number of nitrogens with zero attached hydrogens (tertiary/aromatic N) is 1. The van der Waals surface area contributed by atoms with Gasteiger partial charge in [0, 0.05) is 42.4 Å². The van der Waals surface area contributed by atoms with Crippen molar-refractivity contribution in [3.63, 3.8) is 0 Å². The highest BCUT2D eigenvalue weighted by atomic mass is 16.5. The van der Waals surface area contributed by atoms with Crippen LogP contribution in [-0.4, -0.2) is 21.6 Å². The van der Waals surface area contributed by atoms with Gasteiger partial charge in [-0.05, 0) is 252 Å². The second-order valence-corrected chi connectivity index (χ2v) is 26.3. The van der Waals surface area contributed by atoms with Crippen molar-refractivity contribution in [2.24, 2.45) is 53.3 Å². The van der Waals surface area contributed by atoms with Crippen molar-refractivity contribution in [2.45, 2.75) is 172 Å². The monoisotopic (exact) mass is 1030 g/mol. The highest BCUT2D eigenvalue weighted by Gasteiger charge is 2.53. The molecule has 12 aliphatic carbocycles. The number of furan rings is 1. The van der Waals surface area contributed by atoms with Gasteiger partial charge < -0.3 is 34.6 Å². The van der Waals surface area contributed by atoms with Gasteiger partial charge in [-0.25, -0.2) is 0 Å². The molecule has 0 atom stereocenters. The van der Waals surface area contributed by atoms with E-state index in [4.69, 9.17) is 18.6 Å². The first-order valence-electron chi connectivity index (χ1n) is 30.2. The molecule has 0 unspecified atom stereocenters. The Hall–Kier alpha value is -5.41. The van der Waals surface area contributed by atoms with Crippen molar-refractivity contribution in [1.29, 1.82) is 0 Å². The average Bonchev–Trinajstić information content (AvgIpc) is 4.01. The van der Waals surface area contributed by atoms with E-state index >= 15 is 0 Å². The first-order chi connectivity index (χ1) is 37.8. The smallest absolute Gasteiger partial charge is 0.146 e. The molecule has 0 spiro atoms. The molecule has 3 N–H and O–H groups in total. The van der Waals surface area contributed by atoms with E-state index in [0.717, 1.165) is 102 Å². The predicted molar refractivity (Wildman–Crippen MR) is 305 cm³/mol. The molecule has 2 aromatic heterocycles. The average molecular weight is 1030 g/mol. The van der Waals surface area contributed by atoms with Crippen LogP contribution in [0.5, 0.6) is 17.2 Å². The fourth-order valence-electron chi connectivity index (χ4n) is 17.9. The van der Waals surface area contributed by atoms with E-state index in [1.807, 2.05) is 36.4 Å². The van der Waals surface area contributed by atoms with Crippen LogP contribution in [0.4, 0.5) is 0 Å². The number of pyridine rings is 1. The standard InChI is InChI=1S/C24H29NO.C23H28N2O.C22H27NO2/c1-2-4-19(5-3-1)17-26-23-8-6-18(7-9-23)16-25-24-13-20-10-21(14-24)12-22(11-20)15-24;1-2-8-24-21(3-1)16-26-22-6-4-17(5-7-22)15-25-23-12-18-9-19(13-23)11-20(10-18)14-23;1-2-21(24-7-1)15-25-20-5-3-16(4-6-20)14-23-22-11-17-8-18(12-22)10-19(9-17)13-22/h1-9,20-22,25H,10-17H2;1-8,18-20,25H,9-16H2;1-7,17-19,23H,8-15H2. The summed E-state index contributed by atoms with van der Waals surface area (Å²) < 4.78 is 22.8. The summed E-state index contributed by atoms with van der Waals surface area (Å²) in [5, 5.41) is 11.9. The minimum Gasteiger partial charge on any atom is -0.489 e. The van der Waals surface area contributed by atoms with Crippen LogP contribution in [0.15, 0.2) is 150 Å². The molecule has 12 saturated carbocycles. The summed E-state index contributed by atoms with van der Waals surface area (Å²) in [7, 11) is 0. The summed E-state index contributed by atoms with van der Waals surface area (Å²) in [4.78, 5) is 4.30. The van der Waals surface area contributed by atoms with Crippen LogP contribution >= 0.6 is 0 Å². The van der Waals surface area contributed by atoms with Gasteiger partial charge in [-0.2, -0.15) is 0 Å². The van der Waals surface area contributed by atoms with Gasteiger partial charge in [0.2, 0.25) is 0 Å². The van der Waals surface area contributed by atoms with Crippen LogP contribution in [0.2, 0.25) is 0 Å². The summed E-state index contributed by atoms with van der Waals surface area (Å²) in [6, 6.07) is 45.8. The molecule has 0 amide bonds. The number of ether oxygens (including phenoxy) is 3. The van der Waals surface area contributed by atoms with Gasteiger partial charge in [0.25, 0.3) is 0 Å². The maximum Gasteiger partial charge on any atom is 0.146 e. The molecule has 8 heteroatoms. The molecule has 8 nitrogen and oxygen atoms in total. The van der Waals surface area contributed by atoms with Gasteiger partial charge in [0.1, 0.15) is 42.8 Å². The molecule has 404 valence electrons. The fourth-order valence-corrected chi connectivity index (χ4v) is 17.9. The minimum absolute atomic E-state index is 0.433. The van der Waals surface area contributed by atoms with Crippen molar-refractivity contribution in [3.8, 4) is 17.2 Å². The summed E-state index contributed by atoms with van der Waals surface area (Å²) in [5.74, 6) is 12.6. The Morgan fingerprint density at radius 3 is 1.08 bits per heavy atom. The van der Waals surface area contributed by atoms with Crippen molar-refractivity contribution in [2.75, 3.05) is 0 Å². The molecule has 12 aliphatic rings. The Balaban J connectivity index is 0.000000110. The maximum atomic E-state index is 5.91. The number of rotatable bonds is 18. The van der Waals surface area contributed by atoms with E-state index in [9.17, 15) is 0 Å². The zero-order chi connectivity index (χ0) is 51.5. The minimum atomic E-state index is 0.433. The number of aromatic nitrogens is 1. The normalized spacial score (nSPS) is 32.2. The van der Waals surface area contributed by atoms with Crippen LogP contribution in [0.3, 0.4) is 0 Å². The topological polar surface area (TPSA) is 89.8 Å². The number of hydrogen-bond acceptors (Lipinski definition) is 8. The molecule has 0 aliphatic heterocycles. The molecule has 12 fully saturated rings. The van der Waals surface area contributed by atoms with Crippen molar-refractivity contribution < 1.29 is 18.6 Å². The Morgan fingerprint density at radius 2 is 0.727 bits per heavy atom. The van der Waals surface area contributed by atoms with Crippen molar-refractivity contribution in [1.82, 2.24) is 20.9 Å². The molecule has 6 aromatic rings. The van der Waals surface area contributed by atoms with Crippen molar-refractivity contribution in [3.05, 3.63) is 180 Å². The Bertz CT molecular complexity index is 2560. The molecule has 77 heavy (non-hydrogen) atoms. The number of hydrogen-bond donors (Lipinski definition) is 3. The lowest BCUT2D eigenvalue weighted by atomic mass is 9.53. The van der Waals surface area contributed by atoms with Gasteiger partial charge in [-0.15, -0.1) is 0 Å². The summed E-state index contributed by atoms with van der Waals surface area (Å²) in [6.45, 7) is 4.58. The van der Waals surface area contributed by atoms with Crippen LogP contribution in [0, 0.1) is 53.3 Å². The first-order valence-corrected chi connectivity index (χ1v) is 30.2. The third-order valence-corrected chi connectivity index (χ3v) is 20.2. The first kappa shape index (κ1) is 51.1. The van der Waals surface area contributed by atoms with Crippen LogP contribution in [0.25, 0.3) is 0 Å². The molecule has 0 saturated heterocycles. The van der Waals surface area contributed by atoms with E-state index in [1.54, 1.807) is 12.5 Å². The molecule has 0 radical (unpaired) electrons.